The zero-order valence-electron chi connectivity index (χ0n) is 13.7. The number of Topliss-reactive ketones (excluding diaryl/α,β-unsaturated/α-hetero) is 1. The molecule has 2 aromatic carbocycles. The van der Waals surface area contributed by atoms with Crippen LogP contribution in [0.2, 0.25) is 0 Å². The molecule has 0 radical (unpaired) electrons. The van der Waals surface area contributed by atoms with E-state index >= 15 is 0 Å². The summed E-state index contributed by atoms with van der Waals surface area (Å²) in [6.07, 6.45) is 0.860. The predicted octanol–water partition coefficient (Wildman–Crippen LogP) is 3.35. The number of rotatable bonds is 5. The second-order valence-electron chi connectivity index (χ2n) is 5.91. The molecule has 1 heterocycles. The van der Waals surface area contributed by atoms with Gasteiger partial charge in [0, 0.05) is 30.6 Å². The Labute approximate surface area is 151 Å². The summed E-state index contributed by atoms with van der Waals surface area (Å²) < 4.78 is 0. The number of carbonyl (C=O) groups is 2. The van der Waals surface area contributed by atoms with Crippen LogP contribution in [0.3, 0.4) is 0 Å². The van der Waals surface area contributed by atoms with E-state index in [4.69, 9.17) is 11.6 Å². The second-order valence-corrected chi connectivity index (χ2v) is 6.28. The van der Waals surface area contributed by atoms with Crippen LogP contribution in [0.15, 0.2) is 66.4 Å². The molecule has 1 unspecified atom stereocenters. The predicted molar refractivity (Wildman–Crippen MR) is 99.2 cm³/mol. The zero-order valence-corrected chi connectivity index (χ0v) is 14.4. The smallest absolute Gasteiger partial charge is 0.255 e. The molecule has 2 N–H and O–H groups in total. The van der Waals surface area contributed by atoms with E-state index in [0.717, 1.165) is 5.56 Å². The van der Waals surface area contributed by atoms with Crippen LogP contribution in [0.1, 0.15) is 28.8 Å². The summed E-state index contributed by atoms with van der Waals surface area (Å²) in [7, 11) is 0. The topological polar surface area (TPSA) is 58.2 Å². The number of nitrogens with one attached hydrogen (secondary N) is 2. The normalized spacial score (nSPS) is 18.0. The number of amides is 1. The van der Waals surface area contributed by atoms with Crippen LogP contribution in [0.25, 0.3) is 5.03 Å². The van der Waals surface area contributed by atoms with Crippen LogP contribution in [0, 0.1) is 0 Å². The van der Waals surface area contributed by atoms with Crippen LogP contribution in [-0.4, -0.2) is 24.3 Å². The minimum absolute atomic E-state index is 0.143. The van der Waals surface area contributed by atoms with Gasteiger partial charge in [0.05, 0.1) is 11.1 Å². The summed E-state index contributed by atoms with van der Waals surface area (Å²) in [5.74, 6) is -0.0980. The number of ketones is 1. The van der Waals surface area contributed by atoms with Gasteiger partial charge in [0.15, 0.2) is 5.78 Å². The van der Waals surface area contributed by atoms with Crippen molar-refractivity contribution in [1.82, 2.24) is 10.6 Å². The lowest BCUT2D eigenvalue weighted by atomic mass is 10.1. The van der Waals surface area contributed by atoms with Crippen molar-refractivity contribution in [1.29, 1.82) is 0 Å². The fourth-order valence-corrected chi connectivity index (χ4v) is 3.05. The first-order valence-electron chi connectivity index (χ1n) is 8.21. The minimum atomic E-state index is -0.316. The van der Waals surface area contributed by atoms with Gasteiger partial charge < -0.3 is 10.6 Å². The molecule has 0 bridgehead atoms. The standard InChI is InChI=1S/C20H19ClN2O2/c21-19(14-7-3-1-4-8-14)17(13-16-18(24)11-12-22-16)23-20(25)15-9-5-2-6-10-15/h1-10,16,22H,11-13H2,(H,23,25)/b19-17-. The molecule has 128 valence electrons. The van der Waals surface area contributed by atoms with Crippen molar-refractivity contribution >= 4 is 28.3 Å². The van der Waals surface area contributed by atoms with Gasteiger partial charge in [-0.05, 0) is 17.7 Å². The molecule has 0 saturated carbocycles. The second kappa shape index (κ2) is 8.10. The lowest BCUT2D eigenvalue weighted by Gasteiger charge is -2.16. The molecule has 2 aromatic rings. The van der Waals surface area contributed by atoms with Crippen molar-refractivity contribution in [3.8, 4) is 0 Å². The maximum atomic E-state index is 12.5. The Hall–Kier alpha value is -2.43. The van der Waals surface area contributed by atoms with Crippen molar-refractivity contribution in [2.75, 3.05) is 6.54 Å². The highest BCUT2D eigenvalue weighted by molar-refractivity contribution is 6.49. The van der Waals surface area contributed by atoms with E-state index < -0.39 is 0 Å². The first-order chi connectivity index (χ1) is 12.1. The Bertz CT molecular complexity index is 788. The van der Waals surface area contributed by atoms with Crippen LogP contribution >= 0.6 is 11.6 Å². The average Bonchev–Trinajstić information content (AvgIpc) is 3.06. The molecule has 1 fully saturated rings. The number of hydrogen-bond donors (Lipinski definition) is 2. The van der Waals surface area contributed by atoms with E-state index in [1.165, 1.54) is 0 Å². The number of benzene rings is 2. The first kappa shape index (κ1) is 17.4. The van der Waals surface area contributed by atoms with Crippen LogP contribution in [0.4, 0.5) is 0 Å². The molecular formula is C20H19ClN2O2. The van der Waals surface area contributed by atoms with E-state index in [-0.39, 0.29) is 17.7 Å². The molecule has 1 saturated heterocycles. The Morgan fingerprint density at radius 3 is 2.20 bits per heavy atom. The van der Waals surface area contributed by atoms with Crippen molar-refractivity contribution in [2.24, 2.45) is 0 Å². The quantitative estimate of drug-likeness (QED) is 0.865. The molecule has 0 spiro atoms. The third kappa shape index (κ3) is 4.35. The fraction of sp³-hybridized carbons (Fsp3) is 0.200. The molecule has 0 aliphatic carbocycles. The van der Waals surface area contributed by atoms with Crippen molar-refractivity contribution in [2.45, 2.75) is 18.9 Å². The maximum absolute atomic E-state index is 12.5. The Kier molecular flexibility index (Phi) is 5.64. The highest BCUT2D eigenvalue weighted by Crippen LogP contribution is 2.25. The Morgan fingerprint density at radius 1 is 1.04 bits per heavy atom. The molecule has 1 atom stereocenters. The molecule has 1 aliphatic rings. The van der Waals surface area contributed by atoms with Crippen molar-refractivity contribution in [3.05, 3.63) is 77.5 Å². The third-order valence-corrected chi connectivity index (χ3v) is 4.60. The van der Waals surface area contributed by atoms with Gasteiger partial charge >= 0.3 is 0 Å². The lowest BCUT2D eigenvalue weighted by Crippen LogP contribution is -2.32. The van der Waals surface area contributed by atoms with Gasteiger partial charge in [-0.1, -0.05) is 60.1 Å². The van der Waals surface area contributed by atoms with Gasteiger partial charge in [-0.25, -0.2) is 0 Å². The molecule has 3 rings (SSSR count). The molecule has 1 amide bonds. The maximum Gasteiger partial charge on any atom is 0.255 e. The number of hydrogen-bond acceptors (Lipinski definition) is 3. The van der Waals surface area contributed by atoms with Gasteiger partial charge in [-0.15, -0.1) is 0 Å². The van der Waals surface area contributed by atoms with E-state index in [1.807, 2.05) is 36.4 Å². The van der Waals surface area contributed by atoms with Crippen molar-refractivity contribution in [3.63, 3.8) is 0 Å². The van der Waals surface area contributed by atoms with Crippen molar-refractivity contribution < 1.29 is 9.59 Å². The van der Waals surface area contributed by atoms with E-state index in [2.05, 4.69) is 10.6 Å². The summed E-state index contributed by atoms with van der Waals surface area (Å²) in [6, 6.07) is 18.0. The number of halogens is 1. The highest BCUT2D eigenvalue weighted by Gasteiger charge is 2.26. The van der Waals surface area contributed by atoms with Gasteiger partial charge in [0.2, 0.25) is 0 Å². The minimum Gasteiger partial charge on any atom is -0.324 e. The largest absolute Gasteiger partial charge is 0.324 e. The summed E-state index contributed by atoms with van der Waals surface area (Å²) in [5.41, 5.74) is 1.90. The average molecular weight is 355 g/mol. The zero-order chi connectivity index (χ0) is 17.6. The van der Waals surface area contributed by atoms with Crippen LogP contribution in [0.5, 0.6) is 0 Å². The molecule has 4 nitrogen and oxygen atoms in total. The molecule has 0 aromatic heterocycles. The van der Waals surface area contributed by atoms with Gasteiger partial charge in [0.25, 0.3) is 5.91 Å². The number of carbonyl (C=O) groups excluding carboxylic acids is 2. The summed E-state index contributed by atoms with van der Waals surface area (Å²) in [4.78, 5) is 24.5. The van der Waals surface area contributed by atoms with Gasteiger partial charge in [-0.2, -0.15) is 0 Å². The van der Waals surface area contributed by atoms with Gasteiger partial charge in [-0.3, -0.25) is 9.59 Å². The molecular weight excluding hydrogens is 336 g/mol. The van der Waals surface area contributed by atoms with Crippen LogP contribution in [-0.2, 0) is 4.79 Å². The fourth-order valence-electron chi connectivity index (χ4n) is 2.80. The SMILES string of the molecule is O=C(N/C(CC1NCCC1=O)=C(\Cl)c1ccccc1)c1ccccc1. The third-order valence-electron chi connectivity index (χ3n) is 4.15. The lowest BCUT2D eigenvalue weighted by molar-refractivity contribution is -0.118. The Morgan fingerprint density at radius 2 is 1.64 bits per heavy atom. The molecule has 1 aliphatic heterocycles. The summed E-state index contributed by atoms with van der Waals surface area (Å²) >= 11 is 6.56. The summed E-state index contributed by atoms with van der Waals surface area (Å²) in [5, 5.41) is 6.51. The molecule has 25 heavy (non-hydrogen) atoms. The van der Waals surface area contributed by atoms with E-state index in [9.17, 15) is 9.59 Å². The monoisotopic (exact) mass is 354 g/mol. The Balaban J connectivity index is 1.88. The van der Waals surface area contributed by atoms with Gasteiger partial charge in [0.1, 0.15) is 0 Å². The molecule has 5 heteroatoms. The highest BCUT2D eigenvalue weighted by atomic mass is 35.5. The van der Waals surface area contributed by atoms with Crippen LogP contribution < -0.4 is 10.6 Å². The van der Waals surface area contributed by atoms with E-state index in [0.29, 0.717) is 35.7 Å². The summed E-state index contributed by atoms with van der Waals surface area (Å²) in [6.45, 7) is 0.659. The first-order valence-corrected chi connectivity index (χ1v) is 8.59. The van der Waals surface area contributed by atoms with E-state index in [1.54, 1.807) is 24.3 Å².